The molecule has 19 heavy (non-hydrogen) atoms. The number of carboxylic acids is 1. The average Bonchev–Trinajstić information content (AvgIpc) is 2.37. The molecule has 4 nitrogen and oxygen atoms in total. The van der Waals surface area contributed by atoms with Crippen LogP contribution in [0, 0.1) is 0 Å². The predicted molar refractivity (Wildman–Crippen MR) is 78.6 cm³/mol. The Bertz CT molecular complexity index is 650. The number of benzene rings is 1. The summed E-state index contributed by atoms with van der Waals surface area (Å²) in [6.07, 6.45) is 1.23. The van der Waals surface area contributed by atoms with Crippen molar-refractivity contribution in [3.8, 4) is 0 Å². The third kappa shape index (κ3) is 3.18. The van der Waals surface area contributed by atoms with Crippen LogP contribution >= 0.6 is 39.1 Å². The normalized spacial score (nSPS) is 10.3. The van der Waals surface area contributed by atoms with E-state index in [-0.39, 0.29) is 10.6 Å². The summed E-state index contributed by atoms with van der Waals surface area (Å²) in [6.45, 7) is 0. The zero-order valence-corrected chi connectivity index (χ0v) is 12.4. The Morgan fingerprint density at radius 1 is 1.32 bits per heavy atom. The van der Waals surface area contributed by atoms with Crippen LogP contribution in [0.2, 0.25) is 10.0 Å². The Morgan fingerprint density at radius 3 is 2.68 bits per heavy atom. The molecule has 0 aliphatic heterocycles. The molecule has 0 amide bonds. The van der Waals surface area contributed by atoms with Crippen LogP contribution in [0.5, 0.6) is 0 Å². The zero-order valence-electron chi connectivity index (χ0n) is 9.32. The molecule has 0 unspecified atom stereocenters. The smallest absolute Gasteiger partial charge is 0.337 e. The summed E-state index contributed by atoms with van der Waals surface area (Å²) in [5.74, 6) is -0.723. The molecule has 0 saturated carbocycles. The quantitative estimate of drug-likeness (QED) is 0.839. The topological polar surface area (TPSA) is 62.2 Å². The maximum absolute atomic E-state index is 10.8. The van der Waals surface area contributed by atoms with E-state index in [0.29, 0.717) is 21.0 Å². The second-order valence-corrected chi connectivity index (χ2v) is 5.19. The van der Waals surface area contributed by atoms with Gasteiger partial charge in [0.2, 0.25) is 0 Å². The largest absolute Gasteiger partial charge is 0.478 e. The Hall–Kier alpha value is -1.30. The van der Waals surface area contributed by atoms with Crippen LogP contribution in [-0.4, -0.2) is 16.1 Å². The molecule has 0 aliphatic rings. The molecule has 0 bridgehead atoms. The summed E-state index contributed by atoms with van der Waals surface area (Å²) in [7, 11) is 0. The van der Waals surface area contributed by atoms with Crippen molar-refractivity contribution in [2.24, 2.45) is 0 Å². The highest BCUT2D eigenvalue weighted by atomic mass is 79.9. The van der Waals surface area contributed by atoms with Gasteiger partial charge in [-0.3, -0.25) is 0 Å². The highest BCUT2D eigenvalue weighted by Crippen LogP contribution is 2.33. The summed E-state index contributed by atoms with van der Waals surface area (Å²) in [6, 6.07) is 6.63. The van der Waals surface area contributed by atoms with Gasteiger partial charge in [-0.25, -0.2) is 9.78 Å². The number of halogens is 3. The average molecular weight is 362 g/mol. The molecule has 2 aromatic rings. The lowest BCUT2D eigenvalue weighted by Gasteiger charge is -2.10. The molecule has 0 atom stereocenters. The summed E-state index contributed by atoms with van der Waals surface area (Å²) < 4.78 is 0.678. The fraction of sp³-hybridized carbons (Fsp3) is 0. The number of aromatic nitrogens is 1. The molecule has 2 rings (SSSR count). The summed E-state index contributed by atoms with van der Waals surface area (Å²) >= 11 is 15.3. The van der Waals surface area contributed by atoms with E-state index in [1.165, 1.54) is 12.3 Å². The van der Waals surface area contributed by atoms with Crippen molar-refractivity contribution in [3.05, 3.63) is 50.5 Å². The molecular weight excluding hydrogens is 355 g/mol. The number of nitrogens with zero attached hydrogens (tertiary/aromatic N) is 1. The van der Waals surface area contributed by atoms with Crippen LogP contribution in [0.1, 0.15) is 10.4 Å². The number of carboxylic acid groups (broad SMARTS) is 1. The standard InChI is InChI=1S/C12H7BrCl2N2O2/c13-10-7(14)2-1-3-9(10)17-11-8(15)4-6(5-16-11)12(18)19/h1-5H,(H,16,17)(H,18,19). The number of pyridine rings is 1. The second-order valence-electron chi connectivity index (χ2n) is 3.59. The van der Waals surface area contributed by atoms with Gasteiger partial charge in [-0.15, -0.1) is 0 Å². The van der Waals surface area contributed by atoms with Crippen molar-refractivity contribution >= 4 is 56.6 Å². The highest BCUT2D eigenvalue weighted by Gasteiger charge is 2.10. The lowest BCUT2D eigenvalue weighted by Crippen LogP contribution is -2.01. The molecule has 0 aliphatic carbocycles. The van der Waals surface area contributed by atoms with Crippen molar-refractivity contribution in [1.29, 1.82) is 0 Å². The van der Waals surface area contributed by atoms with Gasteiger partial charge in [-0.05, 0) is 34.1 Å². The number of carbonyl (C=O) groups is 1. The van der Waals surface area contributed by atoms with Crippen LogP contribution in [0.4, 0.5) is 11.5 Å². The Kier molecular flexibility index (Phi) is 4.29. The van der Waals surface area contributed by atoms with Gasteiger partial charge in [0, 0.05) is 6.20 Å². The Balaban J connectivity index is 2.34. The SMILES string of the molecule is O=C(O)c1cnc(Nc2cccc(Cl)c2Br)c(Cl)c1. The van der Waals surface area contributed by atoms with Gasteiger partial charge < -0.3 is 10.4 Å². The van der Waals surface area contributed by atoms with Gasteiger partial charge in [0.15, 0.2) is 0 Å². The van der Waals surface area contributed by atoms with E-state index < -0.39 is 5.97 Å². The maximum Gasteiger partial charge on any atom is 0.337 e. The minimum atomic E-state index is -1.08. The van der Waals surface area contributed by atoms with Crippen LogP contribution in [0.3, 0.4) is 0 Å². The van der Waals surface area contributed by atoms with E-state index in [9.17, 15) is 4.79 Å². The Morgan fingerprint density at radius 2 is 2.05 bits per heavy atom. The fourth-order valence-electron chi connectivity index (χ4n) is 1.37. The van der Waals surface area contributed by atoms with Crippen LogP contribution < -0.4 is 5.32 Å². The highest BCUT2D eigenvalue weighted by molar-refractivity contribution is 9.10. The van der Waals surface area contributed by atoms with Crippen LogP contribution in [0.15, 0.2) is 34.9 Å². The first kappa shape index (κ1) is 14.1. The van der Waals surface area contributed by atoms with Gasteiger partial charge in [-0.2, -0.15) is 0 Å². The van der Waals surface area contributed by atoms with E-state index in [0.717, 1.165) is 0 Å². The van der Waals surface area contributed by atoms with E-state index in [4.69, 9.17) is 28.3 Å². The van der Waals surface area contributed by atoms with E-state index >= 15 is 0 Å². The first-order chi connectivity index (χ1) is 8.99. The van der Waals surface area contributed by atoms with Gasteiger partial charge in [0.25, 0.3) is 0 Å². The summed E-state index contributed by atoms with van der Waals surface area (Å²) in [4.78, 5) is 14.8. The number of nitrogens with one attached hydrogen (secondary N) is 1. The monoisotopic (exact) mass is 360 g/mol. The van der Waals surface area contributed by atoms with Gasteiger partial charge in [0.1, 0.15) is 5.82 Å². The molecule has 0 spiro atoms. The number of aromatic carboxylic acids is 1. The molecular formula is C12H7BrCl2N2O2. The molecule has 0 radical (unpaired) electrons. The predicted octanol–water partition coefficient (Wildman–Crippen LogP) is 4.59. The molecule has 2 N–H and O–H groups in total. The Labute approximate surface area is 127 Å². The van der Waals surface area contributed by atoms with Crippen molar-refractivity contribution in [3.63, 3.8) is 0 Å². The molecule has 0 fully saturated rings. The number of anilines is 2. The maximum atomic E-state index is 10.8. The van der Waals surface area contributed by atoms with Crippen LogP contribution in [-0.2, 0) is 0 Å². The molecule has 0 saturated heterocycles. The number of hydrogen-bond donors (Lipinski definition) is 2. The van der Waals surface area contributed by atoms with Crippen molar-refractivity contribution in [1.82, 2.24) is 4.98 Å². The van der Waals surface area contributed by atoms with Crippen molar-refractivity contribution < 1.29 is 9.90 Å². The number of hydrogen-bond acceptors (Lipinski definition) is 3. The lowest BCUT2D eigenvalue weighted by atomic mass is 10.2. The van der Waals surface area contributed by atoms with E-state index in [2.05, 4.69) is 26.2 Å². The fourth-order valence-corrected chi connectivity index (χ4v) is 2.13. The van der Waals surface area contributed by atoms with Gasteiger partial charge >= 0.3 is 5.97 Å². The van der Waals surface area contributed by atoms with Gasteiger partial charge in [-0.1, -0.05) is 29.3 Å². The minimum Gasteiger partial charge on any atom is -0.478 e. The summed E-state index contributed by atoms with van der Waals surface area (Å²) in [5, 5.41) is 12.6. The van der Waals surface area contributed by atoms with Crippen molar-refractivity contribution in [2.75, 3.05) is 5.32 Å². The first-order valence-corrected chi connectivity index (χ1v) is 6.64. The van der Waals surface area contributed by atoms with Crippen molar-refractivity contribution in [2.45, 2.75) is 0 Å². The molecule has 1 aromatic carbocycles. The third-order valence-electron chi connectivity index (χ3n) is 2.29. The summed E-state index contributed by atoms with van der Waals surface area (Å²) in [5.41, 5.74) is 0.714. The third-order valence-corrected chi connectivity index (χ3v) is 3.98. The molecule has 1 aromatic heterocycles. The lowest BCUT2D eigenvalue weighted by molar-refractivity contribution is 0.0696. The van der Waals surface area contributed by atoms with E-state index in [1.54, 1.807) is 18.2 Å². The van der Waals surface area contributed by atoms with E-state index in [1.807, 2.05) is 0 Å². The second kappa shape index (κ2) is 5.77. The molecule has 7 heteroatoms. The van der Waals surface area contributed by atoms with Crippen LogP contribution in [0.25, 0.3) is 0 Å². The zero-order chi connectivity index (χ0) is 14.0. The number of rotatable bonds is 3. The molecule has 98 valence electrons. The molecule has 1 heterocycles. The van der Waals surface area contributed by atoms with Gasteiger partial charge in [0.05, 0.1) is 25.8 Å². The first-order valence-electron chi connectivity index (χ1n) is 5.09. The minimum absolute atomic E-state index is 0.0284.